The normalized spacial score (nSPS) is 18.0. The average Bonchev–Trinajstić information content (AvgIpc) is 3.51. The molecule has 2 atom stereocenters. The number of nitrogens with zero attached hydrogens (tertiary/aromatic N) is 6. The molecule has 4 heterocycles. The number of aliphatic imine (C=N–C) groups is 1. The van der Waals surface area contributed by atoms with Gasteiger partial charge in [-0.2, -0.15) is 13.2 Å². The van der Waals surface area contributed by atoms with Crippen molar-refractivity contribution in [3.05, 3.63) is 48.6 Å². The summed E-state index contributed by atoms with van der Waals surface area (Å²) in [6.45, 7) is 8.31. The summed E-state index contributed by atoms with van der Waals surface area (Å²) in [5.41, 5.74) is 2.41. The van der Waals surface area contributed by atoms with Crippen molar-refractivity contribution in [1.82, 2.24) is 29.6 Å². The number of hydrogen-bond acceptors (Lipinski definition) is 8. The minimum Gasteiger partial charge on any atom is -0.487 e. The van der Waals surface area contributed by atoms with Crippen LogP contribution in [0.25, 0.3) is 16.9 Å². The molecule has 4 bridgehead atoms. The van der Waals surface area contributed by atoms with E-state index >= 15 is 0 Å². The lowest BCUT2D eigenvalue weighted by Crippen LogP contribution is -2.45. The molecule has 0 saturated heterocycles. The highest BCUT2D eigenvalue weighted by atomic mass is 19.4. The number of imidazole rings is 1. The summed E-state index contributed by atoms with van der Waals surface area (Å²) < 4.78 is 56.5. The standard InChI is InChI=1S/C26H31F3N6O3.C3H7NO.C2H6/c1-4-35-17(2)18-14-20(23(37-3)31-15-18)21-16-34-12-11-30-22(34)24(33-21)38-13-7-5-6-8-19(32-25(35)36)9-10-26(27,28)29;1-4-3-5-2;1-2/h6,8,11-12,14-17,19H,4-5,7,9-10,13H2,1-3H3,(H,32,36);3H,1-2H3;1-2H3/b8-6-;;. The third kappa shape index (κ3) is 10.9. The third-order valence-corrected chi connectivity index (χ3v) is 6.62. The molecule has 3 aromatic heterocycles. The number of ether oxygens (including phenoxy) is 3. The Morgan fingerprint density at radius 3 is 2.62 bits per heavy atom. The van der Waals surface area contributed by atoms with Crippen LogP contribution in [-0.4, -0.2) is 83.3 Å². The molecule has 11 nitrogen and oxygen atoms in total. The molecule has 1 aliphatic heterocycles. The Hall–Kier alpha value is -4.36. The summed E-state index contributed by atoms with van der Waals surface area (Å²) in [6.07, 6.45) is 7.20. The van der Waals surface area contributed by atoms with Crippen molar-refractivity contribution < 1.29 is 32.2 Å². The molecular weight excluding hydrogens is 591 g/mol. The Balaban J connectivity index is 0.000000917. The molecule has 0 aromatic carbocycles. The lowest BCUT2D eigenvalue weighted by atomic mass is 10.1. The van der Waals surface area contributed by atoms with Gasteiger partial charge in [0, 0.05) is 50.8 Å². The van der Waals surface area contributed by atoms with E-state index in [9.17, 15) is 18.0 Å². The average molecular weight is 636 g/mol. The van der Waals surface area contributed by atoms with Crippen LogP contribution in [0, 0.1) is 0 Å². The number of halogens is 3. The van der Waals surface area contributed by atoms with E-state index in [1.807, 2.05) is 33.8 Å². The van der Waals surface area contributed by atoms with Gasteiger partial charge in [0.25, 0.3) is 5.88 Å². The highest BCUT2D eigenvalue weighted by molar-refractivity contribution is 5.75. The fraction of sp³-hybridized carbons (Fsp3) is 0.516. The second kappa shape index (κ2) is 18.4. The van der Waals surface area contributed by atoms with Crippen LogP contribution in [0.2, 0.25) is 0 Å². The number of rotatable bonds is 5. The first-order valence-electron chi connectivity index (χ1n) is 14.9. The number of carbonyl (C=O) groups excluding carboxylic acids is 1. The fourth-order valence-corrected chi connectivity index (χ4v) is 4.46. The fourth-order valence-electron chi connectivity index (χ4n) is 4.46. The van der Waals surface area contributed by atoms with Crippen molar-refractivity contribution in [2.45, 2.75) is 71.6 Å². The predicted molar refractivity (Wildman–Crippen MR) is 168 cm³/mol. The van der Waals surface area contributed by atoms with E-state index in [-0.39, 0.29) is 6.42 Å². The summed E-state index contributed by atoms with van der Waals surface area (Å²) in [6, 6.07) is 0.183. The predicted octanol–water partition coefficient (Wildman–Crippen LogP) is 6.65. The maximum atomic E-state index is 13.2. The molecule has 0 spiro atoms. The van der Waals surface area contributed by atoms with Gasteiger partial charge in [-0.25, -0.2) is 19.7 Å². The van der Waals surface area contributed by atoms with Crippen molar-refractivity contribution in [3.8, 4) is 23.0 Å². The van der Waals surface area contributed by atoms with Crippen LogP contribution < -0.4 is 14.8 Å². The monoisotopic (exact) mass is 635 g/mol. The number of hydrogen-bond donors (Lipinski definition) is 1. The number of aromatic nitrogens is 4. The highest BCUT2D eigenvalue weighted by Gasteiger charge is 2.29. The van der Waals surface area contributed by atoms with E-state index in [1.165, 1.54) is 13.5 Å². The van der Waals surface area contributed by atoms with Crippen LogP contribution in [0.1, 0.15) is 65.0 Å². The van der Waals surface area contributed by atoms with Gasteiger partial charge in [-0.3, -0.25) is 4.99 Å². The van der Waals surface area contributed by atoms with E-state index in [4.69, 9.17) is 14.5 Å². The van der Waals surface area contributed by atoms with Gasteiger partial charge in [-0.1, -0.05) is 26.0 Å². The molecule has 2 unspecified atom stereocenters. The molecule has 14 heteroatoms. The molecule has 1 aliphatic rings. The number of amides is 2. The molecule has 0 aliphatic carbocycles. The quantitative estimate of drug-likeness (QED) is 0.190. The molecule has 0 radical (unpaired) electrons. The van der Waals surface area contributed by atoms with E-state index in [0.717, 1.165) is 0 Å². The minimum atomic E-state index is -4.32. The van der Waals surface area contributed by atoms with E-state index in [2.05, 4.69) is 25.0 Å². The molecule has 45 heavy (non-hydrogen) atoms. The Bertz CT molecular complexity index is 1400. The van der Waals surface area contributed by atoms with Gasteiger partial charge in [-0.05, 0) is 44.7 Å². The van der Waals surface area contributed by atoms with Crippen molar-refractivity contribution in [1.29, 1.82) is 0 Å². The zero-order chi connectivity index (χ0) is 33.4. The Labute approximate surface area is 262 Å². The topological polar surface area (TPSA) is 115 Å². The summed E-state index contributed by atoms with van der Waals surface area (Å²) >= 11 is 0. The van der Waals surface area contributed by atoms with E-state index < -0.39 is 30.7 Å². The van der Waals surface area contributed by atoms with Gasteiger partial charge in [0.05, 0.1) is 38.1 Å². The van der Waals surface area contributed by atoms with E-state index in [0.29, 0.717) is 60.2 Å². The van der Waals surface area contributed by atoms with Gasteiger partial charge in [0.2, 0.25) is 11.5 Å². The molecule has 4 rings (SSSR count). The van der Waals surface area contributed by atoms with Gasteiger partial charge >= 0.3 is 12.2 Å². The van der Waals surface area contributed by atoms with Crippen LogP contribution in [0.15, 0.2) is 48.0 Å². The van der Waals surface area contributed by atoms with Crippen molar-refractivity contribution in [3.63, 3.8) is 0 Å². The van der Waals surface area contributed by atoms with Crippen LogP contribution in [0.3, 0.4) is 0 Å². The molecular formula is C31H44F3N7O4. The Morgan fingerprint density at radius 2 is 2.00 bits per heavy atom. The third-order valence-electron chi connectivity index (χ3n) is 6.62. The van der Waals surface area contributed by atoms with Gasteiger partial charge in [0.1, 0.15) is 0 Å². The van der Waals surface area contributed by atoms with Gasteiger partial charge in [-0.15, -0.1) is 0 Å². The zero-order valence-electron chi connectivity index (χ0n) is 27.0. The van der Waals surface area contributed by atoms with Crippen LogP contribution in [0.5, 0.6) is 11.8 Å². The number of methoxy groups -OCH3 is 2. The summed E-state index contributed by atoms with van der Waals surface area (Å²) in [5, 5.41) is 2.77. The number of fused-ring (bicyclic) bond motifs is 7. The first kappa shape index (κ1) is 36.8. The first-order chi connectivity index (χ1) is 21.6. The number of allylic oxidation sites excluding steroid dienone is 1. The van der Waals surface area contributed by atoms with Crippen molar-refractivity contribution >= 4 is 18.1 Å². The number of carbonyl (C=O) groups is 1. The maximum Gasteiger partial charge on any atom is 0.389 e. The number of urea groups is 1. The summed E-state index contributed by atoms with van der Waals surface area (Å²) in [5.74, 6) is 0.692. The maximum absolute atomic E-state index is 13.2. The molecule has 0 saturated carbocycles. The summed E-state index contributed by atoms with van der Waals surface area (Å²) in [4.78, 5) is 31.8. The Kier molecular flexibility index (Phi) is 15.1. The molecule has 0 fully saturated rings. The minimum absolute atomic E-state index is 0.254. The first-order valence-corrected chi connectivity index (χ1v) is 14.9. The SMILES string of the molecule is CC.CCN1C(=O)NC(CCC(F)(F)F)/C=C\CCCOc2nc(cn3ccnc23)-c2cc(cnc2OC)C1C.CN=COC. The second-order valence-electron chi connectivity index (χ2n) is 9.60. The lowest BCUT2D eigenvalue weighted by Gasteiger charge is -2.30. The number of pyridine rings is 1. The van der Waals surface area contributed by atoms with Crippen LogP contribution in [0.4, 0.5) is 18.0 Å². The second-order valence-corrected chi connectivity index (χ2v) is 9.60. The largest absolute Gasteiger partial charge is 0.487 e. The van der Waals surface area contributed by atoms with Crippen molar-refractivity contribution in [2.24, 2.45) is 4.99 Å². The molecule has 3 aromatic rings. The lowest BCUT2D eigenvalue weighted by molar-refractivity contribution is -0.136. The smallest absolute Gasteiger partial charge is 0.389 e. The van der Waals surface area contributed by atoms with E-state index in [1.54, 1.807) is 60.4 Å². The number of alkyl halides is 3. The van der Waals surface area contributed by atoms with Crippen LogP contribution in [-0.2, 0) is 4.74 Å². The molecule has 248 valence electrons. The van der Waals surface area contributed by atoms with Gasteiger partial charge < -0.3 is 28.8 Å². The molecule has 1 N–H and O–H groups in total. The van der Waals surface area contributed by atoms with Crippen LogP contribution >= 0.6 is 0 Å². The number of nitrogens with one attached hydrogen (secondary N) is 1. The zero-order valence-corrected chi connectivity index (χ0v) is 27.0. The van der Waals surface area contributed by atoms with Gasteiger partial charge in [0.15, 0.2) is 6.40 Å². The molecule has 2 amide bonds. The van der Waals surface area contributed by atoms with Crippen molar-refractivity contribution in [2.75, 3.05) is 34.4 Å². The highest BCUT2D eigenvalue weighted by Crippen LogP contribution is 2.33. The Morgan fingerprint density at radius 1 is 1.24 bits per heavy atom. The summed E-state index contributed by atoms with van der Waals surface area (Å²) in [7, 11) is 4.73.